The predicted octanol–water partition coefficient (Wildman–Crippen LogP) is 3.68. The van der Waals surface area contributed by atoms with E-state index in [1.807, 2.05) is 24.3 Å². The van der Waals surface area contributed by atoms with Crippen molar-refractivity contribution < 1.29 is 9.84 Å². The van der Waals surface area contributed by atoms with Gasteiger partial charge in [-0.3, -0.25) is 0 Å². The van der Waals surface area contributed by atoms with Crippen LogP contribution in [0.2, 0.25) is 0 Å². The Hall–Kier alpha value is -2.04. The highest BCUT2D eigenvalue weighted by Gasteiger charge is 2.15. The van der Waals surface area contributed by atoms with Gasteiger partial charge < -0.3 is 20.1 Å². The Labute approximate surface area is 150 Å². The number of hydrogen-bond donors (Lipinski definition) is 2. The van der Waals surface area contributed by atoms with Crippen molar-refractivity contribution in [3.63, 3.8) is 0 Å². The largest absolute Gasteiger partial charge is 0.497 e. The first-order chi connectivity index (χ1) is 12.2. The average Bonchev–Trinajstić information content (AvgIpc) is 3.21. The van der Waals surface area contributed by atoms with Crippen LogP contribution in [0.4, 0.5) is 5.69 Å². The number of benzene rings is 2. The smallest absolute Gasteiger partial charge is 0.119 e. The van der Waals surface area contributed by atoms with Crippen LogP contribution in [0, 0.1) is 0 Å². The van der Waals surface area contributed by atoms with Crippen LogP contribution in [-0.2, 0) is 0 Å². The van der Waals surface area contributed by atoms with Gasteiger partial charge in [-0.1, -0.05) is 24.3 Å². The van der Waals surface area contributed by atoms with Crippen molar-refractivity contribution in [1.82, 2.24) is 5.32 Å². The van der Waals surface area contributed by atoms with Crippen LogP contribution in [0.15, 0.2) is 48.5 Å². The van der Waals surface area contributed by atoms with Gasteiger partial charge in [0, 0.05) is 31.4 Å². The van der Waals surface area contributed by atoms with Gasteiger partial charge in [-0.2, -0.15) is 0 Å². The predicted molar refractivity (Wildman–Crippen MR) is 102 cm³/mol. The first-order valence-electron chi connectivity index (χ1n) is 9.07. The Morgan fingerprint density at radius 2 is 1.80 bits per heavy atom. The van der Waals surface area contributed by atoms with Crippen molar-refractivity contribution in [1.29, 1.82) is 0 Å². The van der Waals surface area contributed by atoms with E-state index >= 15 is 0 Å². The van der Waals surface area contributed by atoms with Crippen LogP contribution in [-0.4, -0.2) is 31.9 Å². The van der Waals surface area contributed by atoms with Crippen LogP contribution >= 0.6 is 0 Å². The molecule has 2 atom stereocenters. The minimum absolute atomic E-state index is 0.183. The van der Waals surface area contributed by atoms with Gasteiger partial charge in [0.05, 0.1) is 13.2 Å². The molecule has 1 fully saturated rings. The van der Waals surface area contributed by atoms with E-state index in [2.05, 4.69) is 41.4 Å². The number of aliphatic hydroxyl groups is 1. The SMILES string of the molecule is COc1cccc(C(O)CNC(C)c2cccc(N3CCCC3)c2)c1. The lowest BCUT2D eigenvalue weighted by Gasteiger charge is -2.22. The average molecular weight is 340 g/mol. The molecule has 3 rings (SSSR count). The third kappa shape index (κ3) is 4.53. The lowest BCUT2D eigenvalue weighted by Crippen LogP contribution is -2.25. The first kappa shape index (κ1) is 17.8. The monoisotopic (exact) mass is 340 g/mol. The molecule has 4 heteroatoms. The van der Waals surface area contributed by atoms with Gasteiger partial charge in [0.1, 0.15) is 5.75 Å². The molecule has 0 aliphatic carbocycles. The van der Waals surface area contributed by atoms with E-state index in [0.717, 1.165) is 24.4 Å². The molecule has 0 bridgehead atoms. The van der Waals surface area contributed by atoms with E-state index in [1.54, 1.807) is 7.11 Å². The summed E-state index contributed by atoms with van der Waals surface area (Å²) >= 11 is 0. The number of ether oxygens (including phenoxy) is 1. The quantitative estimate of drug-likeness (QED) is 0.807. The summed E-state index contributed by atoms with van der Waals surface area (Å²) in [5.41, 5.74) is 3.42. The molecule has 1 aliphatic heterocycles. The van der Waals surface area contributed by atoms with Gasteiger partial charge >= 0.3 is 0 Å². The Balaban J connectivity index is 1.60. The minimum atomic E-state index is -0.556. The Bertz CT molecular complexity index is 683. The van der Waals surface area contributed by atoms with Gasteiger partial charge in [0.25, 0.3) is 0 Å². The normalized spacial score (nSPS) is 16.7. The maximum absolute atomic E-state index is 10.4. The Kier molecular flexibility index (Phi) is 5.95. The van der Waals surface area contributed by atoms with E-state index in [4.69, 9.17) is 4.74 Å². The number of rotatable bonds is 7. The zero-order chi connectivity index (χ0) is 17.6. The topological polar surface area (TPSA) is 44.7 Å². The molecular formula is C21H28N2O2. The lowest BCUT2D eigenvalue weighted by atomic mass is 10.1. The van der Waals surface area contributed by atoms with Crippen LogP contribution in [0.5, 0.6) is 5.75 Å². The van der Waals surface area contributed by atoms with E-state index < -0.39 is 6.10 Å². The minimum Gasteiger partial charge on any atom is -0.497 e. The van der Waals surface area contributed by atoms with Crippen molar-refractivity contribution in [2.24, 2.45) is 0 Å². The number of anilines is 1. The van der Waals surface area contributed by atoms with Crippen molar-refractivity contribution in [3.05, 3.63) is 59.7 Å². The molecule has 0 aromatic heterocycles. The van der Waals surface area contributed by atoms with Crippen LogP contribution in [0.25, 0.3) is 0 Å². The molecule has 1 saturated heterocycles. The van der Waals surface area contributed by atoms with Gasteiger partial charge in [0.15, 0.2) is 0 Å². The fraction of sp³-hybridized carbons (Fsp3) is 0.429. The molecule has 0 saturated carbocycles. The number of aliphatic hydroxyl groups excluding tert-OH is 1. The highest BCUT2D eigenvalue weighted by molar-refractivity contribution is 5.49. The highest BCUT2D eigenvalue weighted by Crippen LogP contribution is 2.24. The molecule has 2 aromatic carbocycles. The van der Waals surface area contributed by atoms with Gasteiger partial charge in [-0.25, -0.2) is 0 Å². The maximum Gasteiger partial charge on any atom is 0.119 e. The summed E-state index contributed by atoms with van der Waals surface area (Å²) in [7, 11) is 1.64. The zero-order valence-corrected chi connectivity index (χ0v) is 15.1. The van der Waals surface area contributed by atoms with Gasteiger partial charge in [-0.05, 0) is 55.2 Å². The molecule has 0 spiro atoms. The number of nitrogens with zero attached hydrogens (tertiary/aromatic N) is 1. The molecule has 0 amide bonds. The summed E-state index contributed by atoms with van der Waals surface area (Å²) in [5.74, 6) is 0.767. The van der Waals surface area contributed by atoms with Crippen LogP contribution in [0.3, 0.4) is 0 Å². The van der Waals surface area contributed by atoms with E-state index in [1.165, 1.54) is 24.1 Å². The third-order valence-corrected chi connectivity index (χ3v) is 4.94. The zero-order valence-electron chi connectivity index (χ0n) is 15.1. The Morgan fingerprint density at radius 1 is 1.08 bits per heavy atom. The van der Waals surface area contributed by atoms with Crippen molar-refractivity contribution in [3.8, 4) is 5.75 Å². The molecular weight excluding hydrogens is 312 g/mol. The summed E-state index contributed by atoms with van der Waals surface area (Å²) < 4.78 is 5.23. The summed E-state index contributed by atoms with van der Waals surface area (Å²) in [6.45, 7) is 4.95. The van der Waals surface area contributed by atoms with Gasteiger partial charge in [0.2, 0.25) is 0 Å². The van der Waals surface area contributed by atoms with E-state index in [0.29, 0.717) is 6.54 Å². The van der Waals surface area contributed by atoms with E-state index in [9.17, 15) is 5.11 Å². The molecule has 2 N–H and O–H groups in total. The van der Waals surface area contributed by atoms with E-state index in [-0.39, 0.29) is 6.04 Å². The summed E-state index contributed by atoms with van der Waals surface area (Å²) in [5, 5.41) is 13.9. The summed E-state index contributed by atoms with van der Waals surface area (Å²) in [6.07, 6.45) is 2.01. The second kappa shape index (κ2) is 8.37. The lowest BCUT2D eigenvalue weighted by molar-refractivity contribution is 0.170. The fourth-order valence-corrected chi connectivity index (χ4v) is 3.34. The molecule has 2 unspecified atom stereocenters. The molecule has 4 nitrogen and oxygen atoms in total. The number of methoxy groups -OCH3 is 1. The molecule has 25 heavy (non-hydrogen) atoms. The molecule has 1 aliphatic rings. The first-order valence-corrected chi connectivity index (χ1v) is 9.07. The maximum atomic E-state index is 10.4. The summed E-state index contributed by atoms with van der Waals surface area (Å²) in [6, 6.07) is 16.5. The van der Waals surface area contributed by atoms with Crippen molar-refractivity contribution in [2.45, 2.75) is 31.9 Å². The highest BCUT2D eigenvalue weighted by atomic mass is 16.5. The standard InChI is InChI=1S/C21H28N2O2/c1-16(17-7-5-9-19(13-17)23-11-3-4-12-23)22-15-21(24)18-8-6-10-20(14-18)25-2/h5-10,13-14,16,21-22,24H,3-4,11-12,15H2,1-2H3. The molecule has 2 aromatic rings. The fourth-order valence-electron chi connectivity index (χ4n) is 3.34. The van der Waals surface area contributed by atoms with Crippen molar-refractivity contribution in [2.75, 3.05) is 31.6 Å². The molecule has 1 heterocycles. The molecule has 0 radical (unpaired) electrons. The second-order valence-electron chi connectivity index (χ2n) is 6.71. The van der Waals surface area contributed by atoms with Crippen molar-refractivity contribution >= 4 is 5.69 Å². The second-order valence-corrected chi connectivity index (χ2v) is 6.71. The van der Waals surface area contributed by atoms with Crippen LogP contribution in [0.1, 0.15) is 43.0 Å². The third-order valence-electron chi connectivity index (χ3n) is 4.94. The number of hydrogen-bond acceptors (Lipinski definition) is 4. The number of nitrogens with one attached hydrogen (secondary N) is 1. The van der Waals surface area contributed by atoms with Gasteiger partial charge in [-0.15, -0.1) is 0 Å². The van der Waals surface area contributed by atoms with Crippen LogP contribution < -0.4 is 15.0 Å². The molecule has 134 valence electrons. The summed E-state index contributed by atoms with van der Waals surface area (Å²) in [4.78, 5) is 2.45. The Morgan fingerprint density at radius 3 is 2.56 bits per heavy atom.